The summed E-state index contributed by atoms with van der Waals surface area (Å²) >= 11 is 0. The zero-order valence-electron chi connectivity index (χ0n) is 15.8. The first kappa shape index (κ1) is 18.8. The van der Waals surface area contributed by atoms with Crippen LogP contribution in [0.4, 0.5) is 5.69 Å². The Bertz CT molecular complexity index is 1290. The summed E-state index contributed by atoms with van der Waals surface area (Å²) in [5.41, 5.74) is 3.07. The zero-order valence-corrected chi connectivity index (χ0v) is 16.6. The maximum absolute atomic E-state index is 12.9. The summed E-state index contributed by atoms with van der Waals surface area (Å²) in [5.74, 6) is 0.255. The van der Waals surface area contributed by atoms with Crippen LogP contribution in [0.3, 0.4) is 0 Å². The van der Waals surface area contributed by atoms with Crippen LogP contribution in [0.2, 0.25) is 0 Å². The first-order chi connectivity index (χ1) is 14.0. The van der Waals surface area contributed by atoms with Crippen LogP contribution in [-0.2, 0) is 10.0 Å². The van der Waals surface area contributed by atoms with Crippen LogP contribution in [0.25, 0.3) is 10.9 Å². The van der Waals surface area contributed by atoms with Crippen molar-refractivity contribution in [3.63, 3.8) is 0 Å². The Labute approximate surface area is 169 Å². The highest BCUT2D eigenvalue weighted by molar-refractivity contribution is 7.90. The van der Waals surface area contributed by atoms with Crippen LogP contribution in [0.15, 0.2) is 100 Å². The van der Waals surface area contributed by atoms with Crippen LogP contribution >= 0.6 is 0 Å². The van der Waals surface area contributed by atoms with Crippen molar-refractivity contribution in [1.82, 2.24) is 4.98 Å². The summed E-state index contributed by atoms with van der Waals surface area (Å²) in [4.78, 5) is 4.68. The van der Waals surface area contributed by atoms with Crippen molar-refractivity contribution in [1.29, 1.82) is 0 Å². The van der Waals surface area contributed by atoms with Gasteiger partial charge in [-0.25, -0.2) is 0 Å². The van der Waals surface area contributed by atoms with Gasteiger partial charge in [0.05, 0.1) is 16.1 Å². The number of hydrogen-bond acceptors (Lipinski definition) is 3. The van der Waals surface area contributed by atoms with E-state index in [1.54, 1.807) is 18.2 Å². The van der Waals surface area contributed by atoms with E-state index in [-0.39, 0.29) is 10.7 Å². The van der Waals surface area contributed by atoms with Gasteiger partial charge >= 0.3 is 0 Å². The van der Waals surface area contributed by atoms with Crippen molar-refractivity contribution < 1.29 is 8.42 Å². The van der Waals surface area contributed by atoms with Crippen LogP contribution in [0.5, 0.6) is 0 Å². The number of aryl methyl sites for hydroxylation is 1. The van der Waals surface area contributed by atoms with Gasteiger partial charge in [-0.2, -0.15) is 8.42 Å². The van der Waals surface area contributed by atoms with Gasteiger partial charge in [0.15, 0.2) is 5.84 Å². The molecule has 5 nitrogen and oxygen atoms in total. The number of hydrogen-bond donors (Lipinski definition) is 1. The van der Waals surface area contributed by atoms with E-state index >= 15 is 0 Å². The Morgan fingerprint density at radius 2 is 1.48 bits per heavy atom. The number of fused-ring (bicyclic) bond motifs is 1. The molecule has 144 valence electrons. The summed E-state index contributed by atoms with van der Waals surface area (Å²) in [7, 11) is -3.88. The Morgan fingerprint density at radius 1 is 0.862 bits per heavy atom. The Kier molecular flexibility index (Phi) is 5.10. The van der Waals surface area contributed by atoms with Gasteiger partial charge in [0, 0.05) is 16.6 Å². The quantitative estimate of drug-likeness (QED) is 0.394. The molecular formula is C23H19N3O2S. The number of pyridine rings is 1. The fourth-order valence-corrected chi connectivity index (χ4v) is 4.05. The third kappa shape index (κ3) is 4.17. The van der Waals surface area contributed by atoms with E-state index in [9.17, 15) is 8.42 Å². The summed E-state index contributed by atoms with van der Waals surface area (Å²) in [6.07, 6.45) is 0. The molecule has 1 N–H and O–H groups in total. The van der Waals surface area contributed by atoms with Gasteiger partial charge in [-0.05, 0) is 31.2 Å². The number of nitrogens with one attached hydrogen (secondary N) is 1. The molecule has 0 saturated heterocycles. The molecule has 4 aromatic rings. The lowest BCUT2D eigenvalue weighted by atomic mass is 10.1. The van der Waals surface area contributed by atoms with Crippen LogP contribution in [0.1, 0.15) is 11.3 Å². The number of aromatic nitrogens is 1. The second-order valence-corrected chi connectivity index (χ2v) is 8.15. The Morgan fingerprint density at radius 3 is 2.21 bits per heavy atom. The van der Waals surface area contributed by atoms with Crippen LogP contribution in [-0.4, -0.2) is 19.2 Å². The molecule has 0 spiro atoms. The number of benzene rings is 3. The molecule has 1 heterocycles. The van der Waals surface area contributed by atoms with E-state index in [2.05, 4.69) is 14.7 Å². The molecule has 0 atom stereocenters. The largest absolute Gasteiger partial charge is 0.338 e. The van der Waals surface area contributed by atoms with Crippen LogP contribution < -0.4 is 5.32 Å². The van der Waals surface area contributed by atoms with E-state index in [4.69, 9.17) is 0 Å². The van der Waals surface area contributed by atoms with Gasteiger partial charge in [-0.1, -0.05) is 66.7 Å². The Balaban J connectivity index is 1.86. The lowest BCUT2D eigenvalue weighted by Crippen LogP contribution is -2.17. The Hall–Kier alpha value is -3.51. The van der Waals surface area contributed by atoms with Gasteiger partial charge in [0.1, 0.15) is 0 Å². The molecule has 0 bridgehead atoms. The van der Waals surface area contributed by atoms with Crippen molar-refractivity contribution >= 4 is 32.4 Å². The minimum atomic E-state index is -3.88. The average molecular weight is 401 g/mol. The number of amidine groups is 1. The maximum Gasteiger partial charge on any atom is 0.284 e. The SMILES string of the molecule is Cc1cc(N/C(=N/S(=O)(=O)c2ccccc2)c2ccccc2)c2ccccc2n1. The fraction of sp³-hybridized carbons (Fsp3) is 0.0435. The van der Waals surface area contributed by atoms with Gasteiger partial charge in [0.2, 0.25) is 0 Å². The van der Waals surface area contributed by atoms with E-state index < -0.39 is 10.0 Å². The molecule has 0 aliphatic heterocycles. The monoisotopic (exact) mass is 401 g/mol. The molecule has 0 fully saturated rings. The molecule has 6 heteroatoms. The number of para-hydroxylation sites is 1. The summed E-state index contributed by atoms with van der Waals surface area (Å²) in [6, 6.07) is 27.0. The van der Waals surface area contributed by atoms with Crippen molar-refractivity contribution in [2.24, 2.45) is 4.40 Å². The minimum absolute atomic E-state index is 0.144. The topological polar surface area (TPSA) is 71.4 Å². The number of anilines is 1. The van der Waals surface area contributed by atoms with E-state index in [1.807, 2.05) is 67.6 Å². The molecule has 29 heavy (non-hydrogen) atoms. The smallest absolute Gasteiger partial charge is 0.284 e. The van der Waals surface area contributed by atoms with Gasteiger partial charge in [-0.3, -0.25) is 4.98 Å². The third-order valence-electron chi connectivity index (χ3n) is 4.40. The van der Waals surface area contributed by atoms with Gasteiger partial charge in [0.25, 0.3) is 10.0 Å². The summed E-state index contributed by atoms with van der Waals surface area (Å²) in [6.45, 7) is 1.90. The first-order valence-electron chi connectivity index (χ1n) is 9.12. The number of sulfonamides is 1. The minimum Gasteiger partial charge on any atom is -0.338 e. The highest BCUT2D eigenvalue weighted by atomic mass is 32.2. The summed E-state index contributed by atoms with van der Waals surface area (Å²) < 4.78 is 29.9. The lowest BCUT2D eigenvalue weighted by molar-refractivity contribution is 0.598. The average Bonchev–Trinajstić information content (AvgIpc) is 2.74. The maximum atomic E-state index is 12.9. The second kappa shape index (κ2) is 7.85. The molecule has 0 saturated carbocycles. The predicted octanol–water partition coefficient (Wildman–Crippen LogP) is 4.79. The number of nitrogens with zero attached hydrogens (tertiary/aromatic N) is 2. The summed E-state index contributed by atoms with van der Waals surface area (Å²) in [5, 5.41) is 4.12. The van der Waals surface area contributed by atoms with Crippen LogP contribution in [0, 0.1) is 6.92 Å². The van der Waals surface area contributed by atoms with Gasteiger partial charge in [-0.15, -0.1) is 4.40 Å². The molecular weight excluding hydrogens is 382 g/mol. The zero-order chi connectivity index (χ0) is 20.3. The van der Waals surface area contributed by atoms with Crippen molar-refractivity contribution in [3.05, 3.63) is 102 Å². The molecule has 0 aliphatic rings. The normalized spacial score (nSPS) is 12.1. The highest BCUT2D eigenvalue weighted by Crippen LogP contribution is 2.24. The highest BCUT2D eigenvalue weighted by Gasteiger charge is 2.16. The molecule has 0 aliphatic carbocycles. The molecule has 0 radical (unpaired) electrons. The molecule has 1 aromatic heterocycles. The lowest BCUT2D eigenvalue weighted by Gasteiger charge is -2.13. The van der Waals surface area contributed by atoms with E-state index in [0.29, 0.717) is 5.56 Å². The number of rotatable bonds is 4. The van der Waals surface area contributed by atoms with E-state index in [1.165, 1.54) is 12.1 Å². The van der Waals surface area contributed by atoms with Gasteiger partial charge < -0.3 is 5.32 Å². The standard InChI is InChI=1S/C23H19N3O2S/c1-17-16-22(20-14-8-9-15-21(20)24-17)25-23(18-10-4-2-5-11-18)26-29(27,28)19-12-6-3-7-13-19/h2-16H,1H3,(H,24,25,26). The molecule has 0 amide bonds. The molecule has 4 rings (SSSR count). The van der Waals surface area contributed by atoms with E-state index in [0.717, 1.165) is 22.3 Å². The van der Waals surface area contributed by atoms with Crippen molar-refractivity contribution in [3.8, 4) is 0 Å². The van der Waals surface area contributed by atoms with Crippen molar-refractivity contribution in [2.45, 2.75) is 11.8 Å². The predicted molar refractivity (Wildman–Crippen MR) is 117 cm³/mol. The second-order valence-electron chi connectivity index (χ2n) is 6.55. The van der Waals surface area contributed by atoms with Crippen molar-refractivity contribution in [2.75, 3.05) is 5.32 Å². The molecule has 3 aromatic carbocycles. The molecule has 0 unspecified atom stereocenters. The first-order valence-corrected chi connectivity index (χ1v) is 10.6. The third-order valence-corrected chi connectivity index (χ3v) is 5.69. The fourth-order valence-electron chi connectivity index (χ4n) is 3.05.